The molecule has 0 aliphatic carbocycles. The van der Waals surface area contributed by atoms with Crippen LogP contribution in [0.4, 0.5) is 10.1 Å². The van der Waals surface area contributed by atoms with Crippen molar-refractivity contribution in [2.75, 3.05) is 18.0 Å². The van der Waals surface area contributed by atoms with Gasteiger partial charge >= 0.3 is 0 Å². The zero-order valence-electron chi connectivity index (χ0n) is 18.6. The van der Waals surface area contributed by atoms with Crippen LogP contribution in [0.3, 0.4) is 0 Å². The van der Waals surface area contributed by atoms with Gasteiger partial charge in [0.2, 0.25) is 5.91 Å². The van der Waals surface area contributed by atoms with Crippen molar-refractivity contribution in [2.45, 2.75) is 30.7 Å². The van der Waals surface area contributed by atoms with E-state index in [1.165, 1.54) is 43.5 Å². The fraction of sp³-hybridized carbons (Fsp3) is 0.240. The van der Waals surface area contributed by atoms with E-state index < -0.39 is 28.3 Å². The predicted molar refractivity (Wildman–Crippen MR) is 126 cm³/mol. The van der Waals surface area contributed by atoms with Gasteiger partial charge in [0.1, 0.15) is 18.1 Å². The topological polar surface area (TPSA) is 75.7 Å². The number of amides is 1. The van der Waals surface area contributed by atoms with Crippen molar-refractivity contribution in [2.24, 2.45) is 0 Å². The molecule has 3 aromatic rings. The molecule has 0 saturated heterocycles. The van der Waals surface area contributed by atoms with Crippen LogP contribution in [0.5, 0.6) is 5.75 Å². The first-order valence-electron chi connectivity index (χ1n) is 10.6. The molecule has 33 heavy (non-hydrogen) atoms. The van der Waals surface area contributed by atoms with Crippen LogP contribution in [0.15, 0.2) is 83.8 Å². The SMILES string of the molecule is COc1ccc(S(=O)(=O)N(CC(=O)N[C@H](C)CCc2ccccc2)c2ccc(F)cc2)cc1. The summed E-state index contributed by atoms with van der Waals surface area (Å²) < 4.78 is 46.2. The van der Waals surface area contributed by atoms with Gasteiger partial charge in [0.05, 0.1) is 17.7 Å². The lowest BCUT2D eigenvalue weighted by atomic mass is 10.1. The van der Waals surface area contributed by atoms with E-state index in [0.717, 1.165) is 28.4 Å². The molecule has 1 amide bonds. The van der Waals surface area contributed by atoms with E-state index in [-0.39, 0.29) is 16.6 Å². The minimum Gasteiger partial charge on any atom is -0.497 e. The van der Waals surface area contributed by atoms with E-state index in [9.17, 15) is 17.6 Å². The Morgan fingerprint density at radius 1 is 1.00 bits per heavy atom. The van der Waals surface area contributed by atoms with Crippen LogP contribution in [-0.4, -0.2) is 34.0 Å². The molecule has 0 saturated carbocycles. The van der Waals surface area contributed by atoms with Crippen molar-refractivity contribution >= 4 is 21.6 Å². The standard InChI is InChI=1S/C25H27FN2O4S/c1-19(8-9-20-6-4-3-5-7-20)27-25(29)18-28(22-12-10-21(26)11-13-22)33(30,31)24-16-14-23(32-2)15-17-24/h3-7,10-17,19H,8-9,18H2,1-2H3,(H,27,29)/t19-/m1/s1. The average molecular weight is 471 g/mol. The molecular weight excluding hydrogens is 443 g/mol. The Labute approximate surface area is 194 Å². The summed E-state index contributed by atoms with van der Waals surface area (Å²) in [6, 6.07) is 20.6. The van der Waals surface area contributed by atoms with Gasteiger partial charge in [-0.2, -0.15) is 0 Å². The number of rotatable bonds is 10. The van der Waals surface area contributed by atoms with Gasteiger partial charge in [-0.1, -0.05) is 30.3 Å². The number of methoxy groups -OCH3 is 1. The molecule has 0 unspecified atom stereocenters. The summed E-state index contributed by atoms with van der Waals surface area (Å²) in [6.07, 6.45) is 1.49. The zero-order chi connectivity index (χ0) is 23.8. The molecule has 8 heteroatoms. The van der Waals surface area contributed by atoms with Crippen LogP contribution >= 0.6 is 0 Å². The quantitative estimate of drug-likeness (QED) is 0.483. The molecule has 1 atom stereocenters. The lowest BCUT2D eigenvalue weighted by molar-refractivity contribution is -0.120. The molecule has 3 rings (SSSR count). The van der Waals surface area contributed by atoms with Gasteiger partial charge in [0, 0.05) is 6.04 Å². The van der Waals surface area contributed by atoms with Gasteiger partial charge in [-0.15, -0.1) is 0 Å². The lowest BCUT2D eigenvalue weighted by Crippen LogP contribution is -2.43. The Morgan fingerprint density at radius 3 is 2.24 bits per heavy atom. The maximum atomic E-state index is 13.5. The van der Waals surface area contributed by atoms with Crippen LogP contribution in [0.1, 0.15) is 18.9 Å². The third-order valence-electron chi connectivity index (χ3n) is 5.17. The fourth-order valence-electron chi connectivity index (χ4n) is 3.35. The Balaban J connectivity index is 1.76. The summed E-state index contributed by atoms with van der Waals surface area (Å²) in [5.41, 5.74) is 1.35. The molecule has 0 bridgehead atoms. The van der Waals surface area contributed by atoms with Crippen molar-refractivity contribution in [1.82, 2.24) is 5.32 Å². The van der Waals surface area contributed by atoms with E-state index >= 15 is 0 Å². The van der Waals surface area contributed by atoms with Gasteiger partial charge in [0.15, 0.2) is 0 Å². The fourth-order valence-corrected chi connectivity index (χ4v) is 4.77. The minimum absolute atomic E-state index is 0.00227. The summed E-state index contributed by atoms with van der Waals surface area (Å²) in [5, 5.41) is 2.86. The highest BCUT2D eigenvalue weighted by Crippen LogP contribution is 2.25. The van der Waals surface area contributed by atoms with E-state index in [4.69, 9.17) is 4.74 Å². The Kier molecular flexibility index (Phi) is 8.06. The summed E-state index contributed by atoms with van der Waals surface area (Å²) in [6.45, 7) is 1.44. The highest BCUT2D eigenvalue weighted by atomic mass is 32.2. The van der Waals surface area contributed by atoms with Crippen LogP contribution in [0.2, 0.25) is 0 Å². The first-order chi connectivity index (χ1) is 15.8. The van der Waals surface area contributed by atoms with Crippen LogP contribution in [0, 0.1) is 5.82 Å². The second-order valence-electron chi connectivity index (χ2n) is 7.66. The maximum Gasteiger partial charge on any atom is 0.264 e. The van der Waals surface area contributed by atoms with Crippen molar-refractivity contribution in [3.63, 3.8) is 0 Å². The van der Waals surface area contributed by atoms with Gasteiger partial charge in [0.25, 0.3) is 10.0 Å². The zero-order valence-corrected chi connectivity index (χ0v) is 19.4. The number of ether oxygens (including phenoxy) is 1. The molecule has 0 aromatic heterocycles. The molecule has 0 radical (unpaired) electrons. The van der Waals surface area contributed by atoms with E-state index in [2.05, 4.69) is 5.32 Å². The number of halogens is 1. The van der Waals surface area contributed by atoms with Gasteiger partial charge < -0.3 is 10.1 Å². The summed E-state index contributed by atoms with van der Waals surface area (Å²) >= 11 is 0. The van der Waals surface area contributed by atoms with Crippen LogP contribution in [-0.2, 0) is 21.2 Å². The number of benzene rings is 3. The molecule has 174 valence electrons. The molecular formula is C25H27FN2O4S. The van der Waals surface area contributed by atoms with E-state index in [1.54, 1.807) is 0 Å². The van der Waals surface area contributed by atoms with E-state index in [0.29, 0.717) is 12.2 Å². The monoisotopic (exact) mass is 470 g/mol. The third-order valence-corrected chi connectivity index (χ3v) is 6.95. The van der Waals surface area contributed by atoms with Crippen molar-refractivity contribution < 1.29 is 22.3 Å². The molecule has 0 fully saturated rings. The summed E-state index contributed by atoms with van der Waals surface area (Å²) in [7, 11) is -2.60. The molecule has 3 aromatic carbocycles. The smallest absolute Gasteiger partial charge is 0.264 e. The summed E-state index contributed by atoms with van der Waals surface area (Å²) in [5.74, 6) is -0.441. The first-order valence-corrected chi connectivity index (χ1v) is 12.0. The molecule has 0 spiro atoms. The van der Waals surface area contributed by atoms with Gasteiger partial charge in [-0.3, -0.25) is 9.10 Å². The third kappa shape index (κ3) is 6.55. The number of nitrogens with one attached hydrogen (secondary N) is 1. The number of hydrogen-bond acceptors (Lipinski definition) is 4. The number of hydrogen-bond donors (Lipinski definition) is 1. The van der Waals surface area contributed by atoms with E-state index in [1.807, 2.05) is 37.3 Å². The number of aryl methyl sites for hydroxylation is 1. The Morgan fingerprint density at radius 2 is 1.64 bits per heavy atom. The summed E-state index contributed by atoms with van der Waals surface area (Å²) in [4.78, 5) is 12.8. The first kappa shape index (κ1) is 24.3. The van der Waals surface area contributed by atoms with Crippen molar-refractivity contribution in [1.29, 1.82) is 0 Å². The highest BCUT2D eigenvalue weighted by Gasteiger charge is 2.27. The lowest BCUT2D eigenvalue weighted by Gasteiger charge is -2.25. The minimum atomic E-state index is -4.08. The molecule has 0 heterocycles. The molecule has 1 N–H and O–H groups in total. The number of carbonyl (C=O) groups excluding carboxylic acids is 1. The average Bonchev–Trinajstić information content (AvgIpc) is 2.82. The van der Waals surface area contributed by atoms with Crippen molar-refractivity contribution in [3.05, 3.63) is 90.2 Å². The molecule has 0 aliphatic rings. The number of sulfonamides is 1. The van der Waals surface area contributed by atoms with Gasteiger partial charge in [-0.25, -0.2) is 12.8 Å². The van der Waals surface area contributed by atoms with Crippen LogP contribution < -0.4 is 14.4 Å². The second kappa shape index (κ2) is 11.0. The number of carbonyl (C=O) groups is 1. The normalized spacial score (nSPS) is 12.1. The predicted octanol–water partition coefficient (Wildman–Crippen LogP) is 4.17. The largest absolute Gasteiger partial charge is 0.497 e. The van der Waals surface area contributed by atoms with Crippen molar-refractivity contribution in [3.8, 4) is 5.75 Å². The molecule has 0 aliphatic heterocycles. The van der Waals surface area contributed by atoms with Crippen LogP contribution in [0.25, 0.3) is 0 Å². The Bertz CT molecular complexity index is 1150. The Hall–Kier alpha value is -3.39. The number of anilines is 1. The number of nitrogens with zero attached hydrogens (tertiary/aromatic N) is 1. The highest BCUT2D eigenvalue weighted by molar-refractivity contribution is 7.92. The van der Waals surface area contributed by atoms with Gasteiger partial charge in [-0.05, 0) is 73.9 Å². The molecule has 6 nitrogen and oxygen atoms in total. The second-order valence-corrected chi connectivity index (χ2v) is 9.52. The maximum absolute atomic E-state index is 13.5.